The minimum absolute atomic E-state index is 0.0577. The van der Waals surface area contributed by atoms with Crippen LogP contribution in [0.5, 0.6) is 0 Å². The minimum Gasteiger partial charge on any atom is -0.444 e. The van der Waals surface area contributed by atoms with Crippen molar-refractivity contribution in [1.29, 1.82) is 0 Å². The monoisotopic (exact) mass is 432 g/mol. The Morgan fingerprint density at radius 2 is 1.77 bits per heavy atom. The van der Waals surface area contributed by atoms with Crippen LogP contribution in [0.4, 0.5) is 4.79 Å². The predicted molar refractivity (Wildman–Crippen MR) is 122 cm³/mol. The fraction of sp³-hybridized carbons (Fsp3) is 0.680. The maximum Gasteiger partial charge on any atom is 0.410 e. The van der Waals surface area contributed by atoms with E-state index in [4.69, 9.17) is 4.74 Å². The van der Waals surface area contributed by atoms with E-state index in [-0.39, 0.29) is 11.8 Å². The minimum atomic E-state index is -1.17. The van der Waals surface area contributed by atoms with Gasteiger partial charge in [0.15, 0.2) is 0 Å². The molecular formula is C25H40N2O4. The van der Waals surface area contributed by atoms with Crippen molar-refractivity contribution in [2.24, 2.45) is 11.8 Å². The van der Waals surface area contributed by atoms with Gasteiger partial charge in [0.1, 0.15) is 11.8 Å². The Bertz CT molecular complexity index is 693. The first-order chi connectivity index (χ1) is 14.6. The number of rotatable bonds is 9. The number of benzene rings is 1. The molecule has 2 atom stereocenters. The topological polar surface area (TPSA) is 78.9 Å². The van der Waals surface area contributed by atoms with Crippen LogP contribution >= 0.6 is 0 Å². The van der Waals surface area contributed by atoms with E-state index < -0.39 is 24.0 Å². The molecule has 2 amide bonds. The van der Waals surface area contributed by atoms with Crippen molar-refractivity contribution in [2.75, 3.05) is 6.54 Å². The van der Waals surface area contributed by atoms with Crippen molar-refractivity contribution in [3.8, 4) is 0 Å². The largest absolute Gasteiger partial charge is 0.444 e. The Balaban J connectivity index is 2.27. The molecule has 1 aliphatic rings. The molecule has 0 saturated heterocycles. The molecule has 2 N–H and O–H groups in total. The van der Waals surface area contributed by atoms with Crippen LogP contribution in [-0.4, -0.2) is 46.4 Å². The van der Waals surface area contributed by atoms with E-state index in [2.05, 4.69) is 19.2 Å². The van der Waals surface area contributed by atoms with Crippen molar-refractivity contribution in [2.45, 2.75) is 91.0 Å². The van der Waals surface area contributed by atoms with Crippen LogP contribution in [0.25, 0.3) is 0 Å². The highest BCUT2D eigenvalue weighted by atomic mass is 16.6. The fourth-order valence-corrected chi connectivity index (χ4v) is 3.91. The van der Waals surface area contributed by atoms with Crippen LogP contribution in [0, 0.1) is 11.8 Å². The van der Waals surface area contributed by atoms with E-state index in [9.17, 15) is 14.7 Å². The number of carbonyl (C=O) groups is 2. The van der Waals surface area contributed by atoms with Crippen LogP contribution in [-0.2, 0) is 16.0 Å². The van der Waals surface area contributed by atoms with Crippen molar-refractivity contribution in [3.05, 3.63) is 35.9 Å². The summed E-state index contributed by atoms with van der Waals surface area (Å²) in [6.07, 6.45) is 3.34. The van der Waals surface area contributed by atoms with E-state index in [1.54, 1.807) is 4.90 Å². The summed E-state index contributed by atoms with van der Waals surface area (Å²) in [5.74, 6) is 0.196. The molecule has 6 heteroatoms. The summed E-state index contributed by atoms with van der Waals surface area (Å²) < 4.78 is 5.67. The average molecular weight is 433 g/mol. The molecule has 1 saturated carbocycles. The highest BCUT2D eigenvalue weighted by Gasteiger charge is 2.35. The Kier molecular flexibility index (Phi) is 9.35. The molecule has 0 aliphatic heterocycles. The Labute approximate surface area is 187 Å². The van der Waals surface area contributed by atoms with Gasteiger partial charge in [0, 0.05) is 12.5 Å². The molecule has 0 aromatic heterocycles. The van der Waals surface area contributed by atoms with E-state index >= 15 is 0 Å². The van der Waals surface area contributed by atoms with Gasteiger partial charge in [-0.05, 0) is 57.9 Å². The standard InChI is InChI=1S/C25H40N2O4/c1-18(2)15-16-27(24(30)31-25(3,4)5)21(17-19-11-7-6-8-12-19)23(29)26-22(28)20-13-9-10-14-20/h6-8,11-12,18,20-21,23,29H,9-10,13-17H2,1-5H3,(H,26,28). The zero-order valence-electron chi connectivity index (χ0n) is 19.8. The Morgan fingerprint density at radius 1 is 1.16 bits per heavy atom. The predicted octanol–water partition coefficient (Wildman–Crippen LogP) is 4.51. The molecule has 1 aromatic carbocycles. The van der Waals surface area contributed by atoms with Crippen LogP contribution < -0.4 is 5.32 Å². The van der Waals surface area contributed by atoms with Crippen LogP contribution in [0.15, 0.2) is 30.3 Å². The van der Waals surface area contributed by atoms with Gasteiger partial charge < -0.3 is 20.1 Å². The molecule has 0 bridgehead atoms. The molecule has 1 aromatic rings. The van der Waals surface area contributed by atoms with Crippen molar-refractivity contribution in [1.82, 2.24) is 10.2 Å². The summed E-state index contributed by atoms with van der Waals surface area (Å²) in [5.41, 5.74) is 0.336. The zero-order chi connectivity index (χ0) is 23.0. The van der Waals surface area contributed by atoms with Crippen molar-refractivity contribution in [3.63, 3.8) is 0 Å². The summed E-state index contributed by atoms with van der Waals surface area (Å²) in [5, 5.41) is 13.9. The van der Waals surface area contributed by atoms with E-state index in [0.29, 0.717) is 18.9 Å². The molecule has 1 fully saturated rings. The maximum absolute atomic E-state index is 13.1. The second-order valence-corrected chi connectivity index (χ2v) is 10.0. The summed E-state index contributed by atoms with van der Waals surface area (Å²) in [7, 11) is 0. The lowest BCUT2D eigenvalue weighted by molar-refractivity contribution is -0.129. The third kappa shape index (κ3) is 8.52. The van der Waals surface area contributed by atoms with Gasteiger partial charge in [-0.2, -0.15) is 0 Å². The normalized spacial score (nSPS) is 16.7. The van der Waals surface area contributed by atoms with Gasteiger partial charge in [-0.3, -0.25) is 4.79 Å². The van der Waals surface area contributed by atoms with Gasteiger partial charge in [0.25, 0.3) is 0 Å². The SMILES string of the molecule is CC(C)CCN(C(=O)OC(C)(C)C)C(Cc1ccccc1)C(O)NC(=O)C1CCCC1. The highest BCUT2D eigenvalue weighted by Crippen LogP contribution is 2.25. The maximum atomic E-state index is 13.1. The quantitative estimate of drug-likeness (QED) is 0.563. The second-order valence-electron chi connectivity index (χ2n) is 10.0. The first-order valence-corrected chi connectivity index (χ1v) is 11.6. The Hall–Kier alpha value is -2.08. The van der Waals surface area contributed by atoms with Gasteiger partial charge in [0.05, 0.1) is 6.04 Å². The number of ether oxygens (including phenoxy) is 1. The molecule has 0 radical (unpaired) electrons. The van der Waals surface area contributed by atoms with Gasteiger partial charge in [-0.1, -0.05) is 57.0 Å². The van der Waals surface area contributed by atoms with Gasteiger partial charge >= 0.3 is 6.09 Å². The van der Waals surface area contributed by atoms with E-state index in [1.165, 1.54) is 0 Å². The van der Waals surface area contributed by atoms with Crippen LogP contribution in [0.3, 0.4) is 0 Å². The number of aliphatic hydroxyl groups excluding tert-OH is 1. The number of aliphatic hydroxyl groups is 1. The molecule has 174 valence electrons. The lowest BCUT2D eigenvalue weighted by Gasteiger charge is -2.37. The third-order valence-corrected chi connectivity index (χ3v) is 5.64. The van der Waals surface area contributed by atoms with Crippen LogP contribution in [0.2, 0.25) is 0 Å². The van der Waals surface area contributed by atoms with E-state index in [0.717, 1.165) is 37.7 Å². The number of hydrogen-bond donors (Lipinski definition) is 2. The molecule has 0 spiro atoms. The number of carbonyl (C=O) groups excluding carboxylic acids is 2. The van der Waals surface area contributed by atoms with Crippen molar-refractivity contribution < 1.29 is 19.4 Å². The fourth-order valence-electron chi connectivity index (χ4n) is 3.91. The molecule has 0 heterocycles. The summed E-state index contributed by atoms with van der Waals surface area (Å²) >= 11 is 0. The average Bonchev–Trinajstić information content (AvgIpc) is 3.21. The molecule has 2 unspecified atom stereocenters. The first-order valence-electron chi connectivity index (χ1n) is 11.6. The van der Waals surface area contributed by atoms with Crippen molar-refractivity contribution >= 4 is 12.0 Å². The molecule has 1 aliphatic carbocycles. The molecule has 2 rings (SSSR count). The first kappa shape index (κ1) is 25.2. The van der Waals surface area contributed by atoms with Gasteiger partial charge in [0.2, 0.25) is 5.91 Å². The van der Waals surface area contributed by atoms with E-state index in [1.807, 2.05) is 51.1 Å². The number of nitrogens with one attached hydrogen (secondary N) is 1. The van der Waals surface area contributed by atoms with Crippen LogP contribution in [0.1, 0.15) is 72.3 Å². The lowest BCUT2D eigenvalue weighted by Crippen LogP contribution is -2.56. The second kappa shape index (κ2) is 11.5. The Morgan fingerprint density at radius 3 is 2.32 bits per heavy atom. The lowest BCUT2D eigenvalue weighted by atomic mass is 10.0. The summed E-state index contributed by atoms with van der Waals surface area (Å²) in [6, 6.07) is 9.11. The smallest absolute Gasteiger partial charge is 0.410 e. The summed E-state index contributed by atoms with van der Waals surface area (Å²) in [6.45, 7) is 10.1. The molecule has 31 heavy (non-hydrogen) atoms. The highest BCUT2D eigenvalue weighted by molar-refractivity contribution is 5.79. The number of hydrogen-bond acceptors (Lipinski definition) is 4. The van der Waals surface area contributed by atoms with Gasteiger partial charge in [-0.15, -0.1) is 0 Å². The van der Waals surface area contributed by atoms with Gasteiger partial charge in [-0.25, -0.2) is 4.79 Å². The molecular weight excluding hydrogens is 392 g/mol. The number of amides is 2. The molecule has 6 nitrogen and oxygen atoms in total. The summed E-state index contributed by atoms with van der Waals surface area (Å²) in [4.78, 5) is 27.4. The number of nitrogens with zero attached hydrogens (tertiary/aromatic N) is 1. The third-order valence-electron chi connectivity index (χ3n) is 5.64. The zero-order valence-corrected chi connectivity index (χ0v) is 19.8.